The largest absolute Gasteiger partial charge is 0.480 e. The molecule has 4 aromatic rings. The van der Waals surface area contributed by atoms with E-state index in [0.717, 1.165) is 23.7 Å². The lowest BCUT2D eigenvalue weighted by Gasteiger charge is -2.16. The van der Waals surface area contributed by atoms with E-state index in [0.29, 0.717) is 40.5 Å². The number of benzene rings is 1. The molecular weight excluding hydrogens is 449 g/mol. The van der Waals surface area contributed by atoms with E-state index in [9.17, 15) is 9.18 Å². The first kappa shape index (κ1) is 23.8. The van der Waals surface area contributed by atoms with Gasteiger partial charge in [0, 0.05) is 36.8 Å². The maximum absolute atomic E-state index is 14.3. The van der Waals surface area contributed by atoms with Gasteiger partial charge in [-0.15, -0.1) is 0 Å². The Labute approximate surface area is 202 Å². The second kappa shape index (κ2) is 10.3. The van der Waals surface area contributed by atoms with E-state index >= 15 is 0 Å². The van der Waals surface area contributed by atoms with Gasteiger partial charge >= 0.3 is 0 Å². The van der Waals surface area contributed by atoms with E-state index in [1.165, 1.54) is 20.5 Å². The maximum Gasteiger partial charge on any atom is 0.254 e. The number of amides is 1. The zero-order chi connectivity index (χ0) is 24.9. The van der Waals surface area contributed by atoms with Gasteiger partial charge in [-0.05, 0) is 24.0 Å². The molecule has 0 saturated heterocycles. The van der Waals surface area contributed by atoms with Crippen LogP contribution in [-0.4, -0.2) is 46.5 Å². The van der Waals surface area contributed by atoms with Crippen molar-refractivity contribution in [3.63, 3.8) is 0 Å². The number of nitrogens with two attached hydrogens (primary N) is 1. The van der Waals surface area contributed by atoms with Crippen molar-refractivity contribution in [3.8, 4) is 17.1 Å². The number of methoxy groups -OCH3 is 1. The fraction of sp³-hybridized carbons (Fsp3) is 0.240. The molecule has 1 unspecified atom stereocenters. The fourth-order valence-electron chi connectivity index (χ4n) is 3.94. The number of para-hydroxylation sites is 1. The molecule has 3 heterocycles. The highest BCUT2D eigenvalue weighted by Crippen LogP contribution is 2.30. The lowest BCUT2D eigenvalue weighted by atomic mass is 9.93. The van der Waals surface area contributed by atoms with Crippen molar-refractivity contribution in [2.24, 2.45) is 0 Å². The second-order valence-electron chi connectivity index (χ2n) is 8.03. The van der Waals surface area contributed by atoms with E-state index in [-0.39, 0.29) is 11.5 Å². The highest BCUT2D eigenvalue weighted by atomic mass is 19.1. The van der Waals surface area contributed by atoms with Gasteiger partial charge in [-0.1, -0.05) is 25.1 Å². The van der Waals surface area contributed by atoms with Gasteiger partial charge in [0.1, 0.15) is 12.1 Å². The molecular formula is C25H26FN7O2. The van der Waals surface area contributed by atoms with Gasteiger partial charge in [-0.2, -0.15) is 0 Å². The van der Waals surface area contributed by atoms with E-state index in [2.05, 4.69) is 37.5 Å². The summed E-state index contributed by atoms with van der Waals surface area (Å²) in [6.07, 6.45) is 4.98. The summed E-state index contributed by atoms with van der Waals surface area (Å²) in [5.41, 5.74) is 9.39. The summed E-state index contributed by atoms with van der Waals surface area (Å²) in [4.78, 5) is 29.3. The first-order valence-electron chi connectivity index (χ1n) is 11.1. The van der Waals surface area contributed by atoms with E-state index in [1.807, 2.05) is 18.2 Å². The van der Waals surface area contributed by atoms with Crippen LogP contribution in [0.3, 0.4) is 0 Å². The number of rotatable bonds is 8. The number of anilines is 2. The molecule has 35 heavy (non-hydrogen) atoms. The first-order valence-corrected chi connectivity index (χ1v) is 11.1. The molecule has 1 aromatic carbocycles. The fourth-order valence-corrected chi connectivity index (χ4v) is 3.94. The third-order valence-electron chi connectivity index (χ3n) is 5.79. The van der Waals surface area contributed by atoms with E-state index in [4.69, 9.17) is 10.5 Å². The highest BCUT2D eigenvalue weighted by Gasteiger charge is 2.19. The second-order valence-corrected chi connectivity index (χ2v) is 8.03. The van der Waals surface area contributed by atoms with Gasteiger partial charge in [0.25, 0.3) is 5.91 Å². The molecule has 0 aliphatic carbocycles. The van der Waals surface area contributed by atoms with Gasteiger partial charge in [0.2, 0.25) is 5.88 Å². The first-order chi connectivity index (χ1) is 16.9. The summed E-state index contributed by atoms with van der Waals surface area (Å²) >= 11 is 0. The number of fused-ring (bicyclic) bond motifs is 1. The summed E-state index contributed by atoms with van der Waals surface area (Å²) in [5.74, 6) is -0.0000879. The molecule has 180 valence electrons. The number of carbonyl (C=O) groups is 1. The minimum Gasteiger partial charge on any atom is -0.480 e. The molecule has 4 N–H and O–H groups in total. The highest BCUT2D eigenvalue weighted by molar-refractivity contribution is 6.06. The summed E-state index contributed by atoms with van der Waals surface area (Å²) in [7, 11) is 2.99. The summed E-state index contributed by atoms with van der Waals surface area (Å²) in [6.45, 7) is 2.69. The zero-order valence-corrected chi connectivity index (χ0v) is 19.7. The molecule has 0 fully saturated rings. The normalized spacial score (nSPS) is 11.8. The molecule has 3 aromatic heterocycles. The monoisotopic (exact) mass is 475 g/mol. The Morgan fingerprint density at radius 2 is 2.00 bits per heavy atom. The number of halogens is 1. The van der Waals surface area contributed by atoms with Gasteiger partial charge in [0.15, 0.2) is 5.82 Å². The number of ether oxygens (including phenoxy) is 1. The van der Waals surface area contributed by atoms with Crippen molar-refractivity contribution < 1.29 is 13.9 Å². The molecule has 10 heteroatoms. The minimum atomic E-state index is -0.642. The van der Waals surface area contributed by atoms with Gasteiger partial charge in [0.05, 0.1) is 35.8 Å². The Balaban J connectivity index is 1.48. The van der Waals surface area contributed by atoms with E-state index in [1.54, 1.807) is 18.3 Å². The van der Waals surface area contributed by atoms with Crippen molar-refractivity contribution in [3.05, 3.63) is 66.0 Å². The summed E-state index contributed by atoms with van der Waals surface area (Å²) in [5, 5.41) is 6.31. The molecule has 0 aliphatic rings. The van der Waals surface area contributed by atoms with Crippen LogP contribution >= 0.6 is 0 Å². The minimum absolute atomic E-state index is 0.00634. The molecule has 0 saturated carbocycles. The number of aromatic nitrogens is 4. The van der Waals surface area contributed by atoms with Crippen LogP contribution in [0.15, 0.2) is 49.1 Å². The van der Waals surface area contributed by atoms with Crippen LogP contribution in [0, 0.1) is 5.82 Å². The summed E-state index contributed by atoms with van der Waals surface area (Å²) < 4.78 is 19.4. The molecule has 0 bridgehead atoms. The average Bonchev–Trinajstić information content (AvgIpc) is 2.87. The molecule has 0 spiro atoms. The van der Waals surface area contributed by atoms with Crippen molar-refractivity contribution in [1.82, 2.24) is 25.3 Å². The Morgan fingerprint density at radius 1 is 1.17 bits per heavy atom. The Morgan fingerprint density at radius 3 is 2.74 bits per heavy atom. The Hall–Kier alpha value is -4.34. The predicted octanol–water partition coefficient (Wildman–Crippen LogP) is 3.78. The van der Waals surface area contributed by atoms with Gasteiger partial charge in [-0.25, -0.2) is 19.3 Å². The maximum atomic E-state index is 14.3. The lowest BCUT2D eigenvalue weighted by molar-refractivity contribution is 0.0960. The predicted molar refractivity (Wildman–Crippen MR) is 133 cm³/mol. The van der Waals surface area contributed by atoms with Crippen LogP contribution in [0.2, 0.25) is 0 Å². The van der Waals surface area contributed by atoms with Crippen LogP contribution in [-0.2, 0) is 0 Å². The summed E-state index contributed by atoms with van der Waals surface area (Å²) in [6, 6.07) is 9.07. The molecule has 0 radical (unpaired) electrons. The lowest BCUT2D eigenvalue weighted by Crippen LogP contribution is -2.20. The Bertz CT molecular complexity index is 1380. The average molecular weight is 476 g/mol. The molecule has 9 nitrogen and oxygen atoms in total. The van der Waals surface area contributed by atoms with Crippen molar-refractivity contribution in [2.75, 3.05) is 31.8 Å². The molecule has 0 aliphatic heterocycles. The Kier molecular flexibility index (Phi) is 7.00. The van der Waals surface area contributed by atoms with Crippen LogP contribution in [0.4, 0.5) is 15.9 Å². The van der Waals surface area contributed by atoms with Crippen LogP contribution in [0.1, 0.15) is 35.2 Å². The number of nitrogen functional groups attached to an aromatic ring is 1. The molecule has 1 atom stereocenters. The van der Waals surface area contributed by atoms with Crippen molar-refractivity contribution >= 4 is 28.3 Å². The number of hydrogen-bond donors (Lipinski definition) is 3. The number of pyridine rings is 2. The van der Waals surface area contributed by atoms with Gasteiger partial charge < -0.3 is 21.1 Å². The van der Waals surface area contributed by atoms with Crippen LogP contribution in [0.5, 0.6) is 5.88 Å². The van der Waals surface area contributed by atoms with Crippen molar-refractivity contribution in [2.45, 2.75) is 19.3 Å². The number of nitrogens with one attached hydrogen (secondary N) is 2. The quantitative estimate of drug-likeness (QED) is 0.351. The number of hydrogen-bond acceptors (Lipinski definition) is 8. The smallest absolute Gasteiger partial charge is 0.254 e. The van der Waals surface area contributed by atoms with Crippen LogP contribution < -0.4 is 21.1 Å². The third kappa shape index (κ3) is 4.96. The third-order valence-corrected chi connectivity index (χ3v) is 5.79. The van der Waals surface area contributed by atoms with Crippen LogP contribution in [0.25, 0.3) is 22.2 Å². The van der Waals surface area contributed by atoms with Gasteiger partial charge in [-0.3, -0.25) is 9.78 Å². The molecule has 1 amide bonds. The zero-order valence-electron chi connectivity index (χ0n) is 19.7. The standard InChI is InChI=1S/C25H26FN7O2/c1-14(16-5-4-6-17-22(24(34)28-2)18(26)12-30-23(16)17)7-8-29-21-10-20(32-13-33-21)15-9-19(27)25(35-3)31-11-15/h4-6,9-14H,7-8,27H2,1-3H3,(H,28,34)(H,29,32,33). The topological polar surface area (TPSA) is 128 Å². The number of carbonyl (C=O) groups excluding carboxylic acids is 1. The SMILES string of the molecule is CNC(=O)c1c(F)cnc2c(C(C)CCNc3cc(-c4cnc(OC)c(N)c4)ncn3)cccc12. The van der Waals surface area contributed by atoms with Crippen molar-refractivity contribution in [1.29, 1.82) is 0 Å². The van der Waals surface area contributed by atoms with E-state index < -0.39 is 11.7 Å². The number of nitrogens with zero attached hydrogens (tertiary/aromatic N) is 4. The molecule has 4 rings (SSSR count).